The molecule has 0 unspecified atom stereocenters. The van der Waals surface area contributed by atoms with Crippen molar-refractivity contribution in [3.8, 4) is 0 Å². The Kier molecular flexibility index (Phi) is 4.42. The van der Waals surface area contributed by atoms with E-state index in [9.17, 15) is 14.4 Å². The molecule has 7 nitrogen and oxygen atoms in total. The Morgan fingerprint density at radius 3 is 2.29 bits per heavy atom. The molecule has 0 saturated heterocycles. The van der Waals surface area contributed by atoms with Crippen molar-refractivity contribution < 1.29 is 19.5 Å². The SMILES string of the molecule is NC(=O)C[C@H](NC(=O)NC1Cc2ccccc2C1)C(=O)O. The van der Waals surface area contributed by atoms with Crippen LogP contribution in [0.5, 0.6) is 0 Å². The van der Waals surface area contributed by atoms with Crippen LogP contribution in [0, 0.1) is 0 Å². The number of fused-ring (bicyclic) bond motifs is 1. The highest BCUT2D eigenvalue weighted by Crippen LogP contribution is 2.21. The van der Waals surface area contributed by atoms with E-state index in [4.69, 9.17) is 10.8 Å². The maximum atomic E-state index is 11.8. The van der Waals surface area contributed by atoms with E-state index in [1.54, 1.807) is 0 Å². The van der Waals surface area contributed by atoms with Crippen LogP contribution >= 0.6 is 0 Å². The van der Waals surface area contributed by atoms with Crippen LogP contribution < -0.4 is 16.4 Å². The Morgan fingerprint density at radius 2 is 1.81 bits per heavy atom. The predicted molar refractivity (Wildman–Crippen MR) is 74.5 cm³/mol. The number of carbonyl (C=O) groups is 3. The standard InChI is InChI=1S/C14H17N3O4/c15-12(18)7-11(13(19)20)17-14(21)16-10-5-8-3-1-2-4-9(8)6-10/h1-4,10-11H,5-7H2,(H2,15,18)(H,19,20)(H2,16,17,21)/t11-/m0/s1. The molecule has 112 valence electrons. The molecule has 0 aromatic heterocycles. The highest BCUT2D eigenvalue weighted by molar-refractivity contribution is 5.87. The summed E-state index contributed by atoms with van der Waals surface area (Å²) >= 11 is 0. The van der Waals surface area contributed by atoms with Gasteiger partial charge in [0.2, 0.25) is 5.91 Å². The molecule has 1 aliphatic carbocycles. The molecule has 1 aromatic rings. The van der Waals surface area contributed by atoms with Gasteiger partial charge in [-0.05, 0) is 24.0 Å². The molecule has 0 heterocycles. The van der Waals surface area contributed by atoms with Crippen LogP contribution in [0.1, 0.15) is 17.5 Å². The maximum Gasteiger partial charge on any atom is 0.326 e. The summed E-state index contributed by atoms with van der Waals surface area (Å²) in [7, 11) is 0. The third-order valence-corrected chi connectivity index (χ3v) is 3.39. The fraction of sp³-hybridized carbons (Fsp3) is 0.357. The molecule has 1 aliphatic rings. The molecular weight excluding hydrogens is 274 g/mol. The van der Waals surface area contributed by atoms with Crippen molar-refractivity contribution in [3.05, 3.63) is 35.4 Å². The summed E-state index contributed by atoms with van der Waals surface area (Å²) in [6, 6.07) is 5.88. The van der Waals surface area contributed by atoms with Gasteiger partial charge in [-0.2, -0.15) is 0 Å². The molecule has 1 aromatic carbocycles. The van der Waals surface area contributed by atoms with Gasteiger partial charge < -0.3 is 21.5 Å². The first-order chi connectivity index (χ1) is 9.95. The van der Waals surface area contributed by atoms with Crippen LogP contribution in [0.4, 0.5) is 4.79 Å². The summed E-state index contributed by atoms with van der Waals surface area (Å²) < 4.78 is 0. The zero-order valence-corrected chi connectivity index (χ0v) is 11.3. The molecule has 2 rings (SSSR count). The Hall–Kier alpha value is -2.57. The monoisotopic (exact) mass is 291 g/mol. The Morgan fingerprint density at radius 1 is 1.24 bits per heavy atom. The smallest absolute Gasteiger partial charge is 0.326 e. The minimum atomic E-state index is -1.31. The number of urea groups is 1. The fourth-order valence-electron chi connectivity index (χ4n) is 2.45. The number of hydrogen-bond acceptors (Lipinski definition) is 3. The second-order valence-electron chi connectivity index (χ2n) is 5.05. The van der Waals surface area contributed by atoms with Gasteiger partial charge in [0.1, 0.15) is 6.04 Å². The summed E-state index contributed by atoms with van der Waals surface area (Å²) in [5, 5.41) is 13.9. The molecule has 0 aliphatic heterocycles. The highest BCUT2D eigenvalue weighted by atomic mass is 16.4. The lowest BCUT2D eigenvalue weighted by Gasteiger charge is -2.16. The zero-order chi connectivity index (χ0) is 15.4. The van der Waals surface area contributed by atoms with Crippen molar-refractivity contribution in [2.45, 2.75) is 31.3 Å². The van der Waals surface area contributed by atoms with E-state index in [1.165, 1.54) is 11.1 Å². The van der Waals surface area contributed by atoms with Crippen LogP contribution in [0.3, 0.4) is 0 Å². The van der Waals surface area contributed by atoms with Crippen molar-refractivity contribution in [3.63, 3.8) is 0 Å². The van der Waals surface area contributed by atoms with Crippen molar-refractivity contribution in [2.75, 3.05) is 0 Å². The number of carboxylic acid groups (broad SMARTS) is 1. The molecule has 0 radical (unpaired) electrons. The van der Waals surface area contributed by atoms with E-state index < -0.39 is 30.4 Å². The molecule has 21 heavy (non-hydrogen) atoms. The van der Waals surface area contributed by atoms with E-state index in [-0.39, 0.29) is 6.04 Å². The molecular formula is C14H17N3O4. The predicted octanol–water partition coefficient (Wildman–Crippen LogP) is -0.218. The lowest BCUT2D eigenvalue weighted by molar-refractivity contribution is -0.140. The second-order valence-corrected chi connectivity index (χ2v) is 5.05. The molecule has 0 spiro atoms. The van der Waals surface area contributed by atoms with Crippen molar-refractivity contribution in [1.82, 2.24) is 10.6 Å². The quantitative estimate of drug-likeness (QED) is 0.599. The summed E-state index contributed by atoms with van der Waals surface area (Å²) in [6.07, 6.45) is 0.974. The van der Waals surface area contributed by atoms with Crippen LogP contribution in [-0.4, -0.2) is 35.1 Å². The third-order valence-electron chi connectivity index (χ3n) is 3.39. The van der Waals surface area contributed by atoms with Gasteiger partial charge in [-0.15, -0.1) is 0 Å². The Labute approximate surface area is 121 Å². The number of carbonyl (C=O) groups excluding carboxylic acids is 2. The van der Waals surface area contributed by atoms with Crippen LogP contribution in [-0.2, 0) is 22.4 Å². The van der Waals surface area contributed by atoms with Crippen molar-refractivity contribution in [1.29, 1.82) is 0 Å². The van der Waals surface area contributed by atoms with Gasteiger partial charge in [0.05, 0.1) is 6.42 Å². The van der Waals surface area contributed by atoms with Crippen LogP contribution in [0.2, 0.25) is 0 Å². The summed E-state index contributed by atoms with van der Waals surface area (Å²) in [5.41, 5.74) is 7.31. The van der Waals surface area contributed by atoms with Gasteiger partial charge in [0, 0.05) is 6.04 Å². The third kappa shape index (κ3) is 3.95. The lowest BCUT2D eigenvalue weighted by Crippen LogP contribution is -2.50. The summed E-state index contributed by atoms with van der Waals surface area (Å²) in [6.45, 7) is 0. The molecule has 0 fully saturated rings. The Bertz CT molecular complexity index is 548. The molecule has 7 heteroatoms. The first kappa shape index (κ1) is 14.8. The van der Waals surface area contributed by atoms with Gasteiger partial charge in [-0.1, -0.05) is 24.3 Å². The minimum absolute atomic E-state index is 0.0783. The number of hydrogen-bond donors (Lipinski definition) is 4. The number of nitrogens with two attached hydrogens (primary N) is 1. The number of benzene rings is 1. The first-order valence-electron chi connectivity index (χ1n) is 6.60. The van der Waals surface area contributed by atoms with E-state index in [2.05, 4.69) is 10.6 Å². The number of nitrogens with one attached hydrogen (secondary N) is 2. The Balaban J connectivity index is 1.88. The van der Waals surface area contributed by atoms with Gasteiger partial charge >= 0.3 is 12.0 Å². The number of aliphatic carboxylic acids is 1. The number of rotatable bonds is 5. The van der Waals surface area contributed by atoms with Crippen molar-refractivity contribution in [2.24, 2.45) is 5.73 Å². The van der Waals surface area contributed by atoms with Gasteiger partial charge in [-0.3, -0.25) is 4.79 Å². The maximum absolute atomic E-state index is 11.8. The van der Waals surface area contributed by atoms with Gasteiger partial charge in [0.25, 0.3) is 0 Å². The molecule has 0 saturated carbocycles. The fourth-order valence-corrected chi connectivity index (χ4v) is 2.45. The number of primary amides is 1. The molecule has 3 amide bonds. The van der Waals surface area contributed by atoms with Gasteiger partial charge in [-0.25, -0.2) is 9.59 Å². The highest BCUT2D eigenvalue weighted by Gasteiger charge is 2.26. The zero-order valence-electron chi connectivity index (χ0n) is 11.3. The molecule has 5 N–H and O–H groups in total. The summed E-state index contributed by atoms with van der Waals surface area (Å²) in [4.78, 5) is 33.5. The average molecular weight is 291 g/mol. The first-order valence-corrected chi connectivity index (χ1v) is 6.60. The number of amides is 3. The topological polar surface area (TPSA) is 122 Å². The molecule has 0 bridgehead atoms. The normalized spacial score (nSPS) is 15.0. The minimum Gasteiger partial charge on any atom is -0.480 e. The summed E-state index contributed by atoms with van der Waals surface area (Å²) in [5.74, 6) is -2.07. The second kappa shape index (κ2) is 6.25. The van der Waals surface area contributed by atoms with Crippen LogP contribution in [0.15, 0.2) is 24.3 Å². The molecule has 1 atom stereocenters. The van der Waals surface area contributed by atoms with Crippen LogP contribution in [0.25, 0.3) is 0 Å². The van der Waals surface area contributed by atoms with E-state index in [0.29, 0.717) is 12.8 Å². The van der Waals surface area contributed by atoms with E-state index in [0.717, 1.165) is 0 Å². The number of carboxylic acids is 1. The largest absolute Gasteiger partial charge is 0.480 e. The average Bonchev–Trinajstić information content (AvgIpc) is 2.79. The van der Waals surface area contributed by atoms with Gasteiger partial charge in [0.15, 0.2) is 0 Å². The lowest BCUT2D eigenvalue weighted by atomic mass is 10.1. The van der Waals surface area contributed by atoms with Crippen molar-refractivity contribution >= 4 is 17.9 Å². The van der Waals surface area contributed by atoms with E-state index >= 15 is 0 Å². The van der Waals surface area contributed by atoms with E-state index in [1.807, 2.05) is 24.3 Å².